The van der Waals surface area contributed by atoms with E-state index in [1.165, 1.54) is 6.42 Å². The number of hydrogen-bond donors (Lipinski definition) is 2. The molecule has 2 aromatic carbocycles. The number of nitrogens with one attached hydrogen (secondary N) is 2. The normalized spacial score (nSPS) is 13.5. The molecule has 0 radical (unpaired) electrons. The van der Waals surface area contributed by atoms with Crippen LogP contribution in [0.3, 0.4) is 0 Å². The minimum Gasteiger partial charge on any atom is -0.371 e. The second-order valence-corrected chi connectivity index (χ2v) is 8.22. The molecule has 0 unspecified atom stereocenters. The molecule has 0 saturated carbocycles. The molecule has 4 rings (SSSR count). The molecule has 3 aromatic rings. The monoisotopic (exact) mass is 448 g/mol. The van der Waals surface area contributed by atoms with Gasteiger partial charge in [0, 0.05) is 54.0 Å². The molecule has 1 saturated heterocycles. The fourth-order valence-electron chi connectivity index (χ4n) is 3.82. The molecule has 2 heterocycles. The second kappa shape index (κ2) is 10.3. The van der Waals surface area contributed by atoms with Crippen molar-refractivity contribution < 1.29 is 9.59 Å². The van der Waals surface area contributed by atoms with Crippen molar-refractivity contribution >= 4 is 34.8 Å². The zero-order valence-electron chi connectivity index (χ0n) is 17.7. The maximum absolute atomic E-state index is 13.1. The summed E-state index contributed by atoms with van der Waals surface area (Å²) in [4.78, 5) is 32.1. The maximum Gasteiger partial charge on any atom is 0.255 e. The van der Waals surface area contributed by atoms with E-state index in [2.05, 4.69) is 20.5 Å². The molecule has 32 heavy (non-hydrogen) atoms. The molecule has 164 valence electrons. The van der Waals surface area contributed by atoms with Crippen molar-refractivity contribution in [2.24, 2.45) is 0 Å². The molecule has 1 aliphatic heterocycles. The Bertz CT molecular complexity index is 1100. The quantitative estimate of drug-likeness (QED) is 0.562. The van der Waals surface area contributed by atoms with Gasteiger partial charge in [-0.3, -0.25) is 14.6 Å². The molecule has 2 N–H and O–H groups in total. The van der Waals surface area contributed by atoms with Crippen LogP contribution in [0.1, 0.15) is 45.5 Å². The molecule has 6 nitrogen and oxygen atoms in total. The summed E-state index contributed by atoms with van der Waals surface area (Å²) < 4.78 is 0. The van der Waals surface area contributed by atoms with Gasteiger partial charge in [0.2, 0.25) is 0 Å². The molecule has 0 spiro atoms. The van der Waals surface area contributed by atoms with Crippen LogP contribution >= 0.6 is 11.6 Å². The van der Waals surface area contributed by atoms with Gasteiger partial charge in [0.25, 0.3) is 11.8 Å². The summed E-state index contributed by atoms with van der Waals surface area (Å²) in [7, 11) is 0. The van der Waals surface area contributed by atoms with E-state index in [0.29, 0.717) is 28.4 Å². The van der Waals surface area contributed by atoms with Gasteiger partial charge in [0.15, 0.2) is 0 Å². The predicted octanol–water partition coefficient (Wildman–Crippen LogP) is 4.91. The summed E-state index contributed by atoms with van der Waals surface area (Å²) >= 11 is 6.01. The number of benzene rings is 2. The van der Waals surface area contributed by atoms with Crippen molar-refractivity contribution in [3.8, 4) is 0 Å². The van der Waals surface area contributed by atoms with Crippen LogP contribution in [0.5, 0.6) is 0 Å². The van der Waals surface area contributed by atoms with Gasteiger partial charge in [0.05, 0.1) is 5.56 Å². The van der Waals surface area contributed by atoms with Crippen molar-refractivity contribution in [2.45, 2.75) is 25.8 Å². The van der Waals surface area contributed by atoms with Crippen molar-refractivity contribution in [1.29, 1.82) is 0 Å². The Labute approximate surface area is 192 Å². The van der Waals surface area contributed by atoms with Gasteiger partial charge in [-0.25, -0.2) is 0 Å². The molecule has 0 aliphatic carbocycles. The van der Waals surface area contributed by atoms with Crippen molar-refractivity contribution in [3.05, 3.63) is 88.7 Å². The average molecular weight is 449 g/mol. The molecule has 1 aliphatic rings. The van der Waals surface area contributed by atoms with Crippen LogP contribution < -0.4 is 15.5 Å². The first-order valence-electron chi connectivity index (χ1n) is 10.7. The van der Waals surface area contributed by atoms with Gasteiger partial charge < -0.3 is 15.5 Å². The largest absolute Gasteiger partial charge is 0.371 e. The van der Waals surface area contributed by atoms with E-state index in [-0.39, 0.29) is 11.8 Å². The predicted molar refractivity (Wildman–Crippen MR) is 127 cm³/mol. The summed E-state index contributed by atoms with van der Waals surface area (Å²) in [5.41, 5.74) is 3.36. The number of carbonyl (C=O) groups excluding carboxylic acids is 2. The highest BCUT2D eigenvalue weighted by Gasteiger charge is 2.20. The van der Waals surface area contributed by atoms with Crippen LogP contribution in [-0.2, 0) is 6.54 Å². The number of carbonyl (C=O) groups is 2. The first-order valence-corrected chi connectivity index (χ1v) is 11.1. The van der Waals surface area contributed by atoms with E-state index < -0.39 is 0 Å². The molecule has 1 fully saturated rings. The molecular weight excluding hydrogens is 424 g/mol. The minimum atomic E-state index is -0.278. The lowest BCUT2D eigenvalue weighted by Crippen LogP contribution is -2.32. The number of aromatic nitrogens is 1. The lowest BCUT2D eigenvalue weighted by molar-refractivity contribution is 0.0950. The van der Waals surface area contributed by atoms with Gasteiger partial charge in [0.1, 0.15) is 0 Å². The van der Waals surface area contributed by atoms with Crippen molar-refractivity contribution in [2.75, 3.05) is 23.3 Å². The van der Waals surface area contributed by atoms with Crippen LogP contribution in [0, 0.1) is 0 Å². The van der Waals surface area contributed by atoms with Crippen LogP contribution in [-0.4, -0.2) is 29.9 Å². The third kappa shape index (κ3) is 5.45. The fourth-order valence-corrected chi connectivity index (χ4v) is 4.01. The number of amides is 2. The Kier molecular flexibility index (Phi) is 7.02. The highest BCUT2D eigenvalue weighted by Crippen LogP contribution is 2.28. The molecular formula is C25H25ClN4O2. The Morgan fingerprint density at radius 3 is 2.56 bits per heavy atom. The van der Waals surface area contributed by atoms with Crippen LogP contribution in [0.25, 0.3) is 0 Å². The number of pyridine rings is 1. The number of anilines is 2. The maximum atomic E-state index is 13.1. The van der Waals surface area contributed by atoms with Gasteiger partial charge >= 0.3 is 0 Å². The molecule has 0 bridgehead atoms. The van der Waals surface area contributed by atoms with E-state index in [1.807, 2.05) is 24.3 Å². The van der Waals surface area contributed by atoms with Crippen molar-refractivity contribution in [3.63, 3.8) is 0 Å². The summed E-state index contributed by atoms with van der Waals surface area (Å²) in [6, 6.07) is 16.0. The average Bonchev–Trinajstić information content (AvgIpc) is 2.83. The molecule has 2 amide bonds. The lowest BCUT2D eigenvalue weighted by Gasteiger charge is -2.30. The molecule has 1 aromatic heterocycles. The summed E-state index contributed by atoms with van der Waals surface area (Å²) in [6.45, 7) is 2.21. The topological polar surface area (TPSA) is 74.3 Å². The van der Waals surface area contributed by atoms with Crippen molar-refractivity contribution in [1.82, 2.24) is 10.3 Å². The van der Waals surface area contributed by atoms with E-state index in [4.69, 9.17) is 11.6 Å². The number of hydrogen-bond acceptors (Lipinski definition) is 4. The summed E-state index contributed by atoms with van der Waals surface area (Å²) in [6.07, 6.45) is 6.83. The van der Waals surface area contributed by atoms with E-state index in [1.54, 1.807) is 42.7 Å². The van der Waals surface area contributed by atoms with E-state index in [9.17, 15) is 9.59 Å². The smallest absolute Gasteiger partial charge is 0.255 e. The van der Waals surface area contributed by atoms with Crippen LogP contribution in [0.15, 0.2) is 67.0 Å². The number of rotatable bonds is 6. The standard InChI is InChI=1S/C25H25ClN4O2/c26-20-8-4-7-19(14-20)24(31)29-21-9-10-23(30-12-2-1-3-13-30)22(15-21)25(32)28-17-18-6-5-11-27-16-18/h4-11,14-16H,1-3,12-13,17H2,(H,28,32)(H,29,31). The van der Waals surface area contributed by atoms with Crippen LogP contribution in [0.2, 0.25) is 5.02 Å². The fraction of sp³-hybridized carbons (Fsp3) is 0.240. The second-order valence-electron chi connectivity index (χ2n) is 7.79. The third-order valence-corrected chi connectivity index (χ3v) is 5.69. The Hall–Kier alpha value is -3.38. The Morgan fingerprint density at radius 1 is 0.969 bits per heavy atom. The van der Waals surface area contributed by atoms with Gasteiger partial charge in [-0.2, -0.15) is 0 Å². The molecule has 7 heteroatoms. The summed E-state index contributed by atoms with van der Waals surface area (Å²) in [5.74, 6) is -0.465. The molecule has 0 atom stereocenters. The Balaban J connectivity index is 1.57. The Morgan fingerprint density at radius 2 is 1.81 bits per heavy atom. The van der Waals surface area contributed by atoms with Gasteiger partial charge in [-0.1, -0.05) is 23.7 Å². The lowest BCUT2D eigenvalue weighted by atomic mass is 10.1. The number of piperidine rings is 1. The first-order chi connectivity index (χ1) is 15.6. The number of nitrogens with zero attached hydrogens (tertiary/aromatic N) is 2. The SMILES string of the molecule is O=C(Nc1ccc(N2CCCCC2)c(C(=O)NCc2cccnc2)c1)c1cccc(Cl)c1. The highest BCUT2D eigenvalue weighted by molar-refractivity contribution is 6.31. The minimum absolute atomic E-state index is 0.187. The van der Waals surface area contributed by atoms with Gasteiger partial charge in [-0.15, -0.1) is 0 Å². The van der Waals surface area contributed by atoms with Crippen LogP contribution in [0.4, 0.5) is 11.4 Å². The van der Waals surface area contributed by atoms with E-state index >= 15 is 0 Å². The first kappa shape index (κ1) is 21.8. The zero-order chi connectivity index (χ0) is 22.3. The number of halogens is 1. The third-order valence-electron chi connectivity index (χ3n) is 5.46. The van der Waals surface area contributed by atoms with Gasteiger partial charge in [-0.05, 0) is 67.3 Å². The highest BCUT2D eigenvalue weighted by atomic mass is 35.5. The zero-order valence-corrected chi connectivity index (χ0v) is 18.4. The van der Waals surface area contributed by atoms with E-state index in [0.717, 1.165) is 37.2 Å². The summed E-state index contributed by atoms with van der Waals surface area (Å²) in [5, 5.41) is 6.35.